The Bertz CT molecular complexity index is 2320. The Labute approximate surface area is 294 Å². The Morgan fingerprint density at radius 2 is 0.840 bits per heavy atom. The fraction of sp³-hybridized carbons (Fsp3) is 0.0204. The van der Waals surface area contributed by atoms with E-state index in [1.165, 1.54) is 66.9 Å². The molecule has 2 aliphatic carbocycles. The molecule has 1 spiro atoms. The highest BCUT2D eigenvalue weighted by Gasteiger charge is 2.54. The molecule has 0 bridgehead atoms. The van der Waals surface area contributed by atoms with Crippen LogP contribution in [0.1, 0.15) is 22.3 Å². The summed E-state index contributed by atoms with van der Waals surface area (Å²) in [6.07, 6.45) is 6.22. The normalized spacial score (nSPS) is 13.7. The van der Waals surface area contributed by atoms with E-state index in [1.54, 1.807) is 0 Å². The smallest absolute Gasteiger partial charge is 0.0881 e. The molecule has 0 fully saturated rings. The number of nitrogens with zero attached hydrogens (tertiary/aromatic N) is 1. The molecule has 2 aliphatic rings. The van der Waals surface area contributed by atoms with Crippen LogP contribution in [0.3, 0.4) is 0 Å². The fourth-order valence-electron chi connectivity index (χ4n) is 8.22. The summed E-state index contributed by atoms with van der Waals surface area (Å²) in [5, 5.41) is 0. The average Bonchev–Trinajstić information content (AvgIpc) is 3.65. The molecule has 236 valence electrons. The van der Waals surface area contributed by atoms with Gasteiger partial charge in [-0.25, -0.2) is 0 Å². The topological polar surface area (TPSA) is 3.24 Å². The molecule has 0 unspecified atom stereocenters. The number of fused-ring (bicyclic) bond motifs is 7. The lowest BCUT2D eigenvalue weighted by molar-refractivity contribution is 0.745. The first-order valence-electron chi connectivity index (χ1n) is 17.2. The van der Waals surface area contributed by atoms with Gasteiger partial charge in [-0.15, -0.1) is 0 Å². The van der Waals surface area contributed by atoms with Crippen LogP contribution in [-0.4, -0.2) is 0 Å². The van der Waals surface area contributed by atoms with E-state index in [0.717, 1.165) is 11.4 Å². The first-order valence-corrected chi connectivity index (χ1v) is 17.2. The molecule has 0 aliphatic heterocycles. The van der Waals surface area contributed by atoms with Crippen molar-refractivity contribution in [2.45, 2.75) is 5.41 Å². The fourth-order valence-corrected chi connectivity index (χ4v) is 8.22. The minimum Gasteiger partial charge on any atom is -0.312 e. The van der Waals surface area contributed by atoms with Crippen molar-refractivity contribution >= 4 is 16.9 Å². The molecular formula is C49H35N. The van der Waals surface area contributed by atoms with E-state index in [-0.39, 0.29) is 0 Å². The summed E-state index contributed by atoms with van der Waals surface area (Å²) in [5.74, 6) is 0. The highest BCUT2D eigenvalue weighted by atomic mass is 15.2. The molecule has 0 saturated carbocycles. The van der Waals surface area contributed by atoms with Gasteiger partial charge in [0.25, 0.3) is 0 Å². The van der Waals surface area contributed by atoms with Gasteiger partial charge in [0.2, 0.25) is 0 Å². The lowest BCUT2D eigenvalue weighted by atomic mass is 9.71. The molecule has 7 aromatic carbocycles. The summed E-state index contributed by atoms with van der Waals surface area (Å²) in [6.45, 7) is 4.09. The van der Waals surface area contributed by atoms with Gasteiger partial charge in [0, 0.05) is 16.9 Å². The lowest BCUT2D eigenvalue weighted by Crippen LogP contribution is -2.35. The van der Waals surface area contributed by atoms with Gasteiger partial charge in [0.15, 0.2) is 0 Å². The zero-order valence-electron chi connectivity index (χ0n) is 27.7. The SMILES string of the molecule is C=C/C=C\C1=C(N(c2cccc(-c3ccccc3)c2)c2cccc(-c3ccccc3)c2)C2(c3ccccc31)c1ccccc1-c1ccccc12. The van der Waals surface area contributed by atoms with Gasteiger partial charge in [-0.2, -0.15) is 0 Å². The van der Waals surface area contributed by atoms with Gasteiger partial charge < -0.3 is 4.90 Å². The van der Waals surface area contributed by atoms with Crippen LogP contribution < -0.4 is 4.90 Å². The van der Waals surface area contributed by atoms with Gasteiger partial charge in [-0.05, 0) is 79.9 Å². The summed E-state index contributed by atoms with van der Waals surface area (Å²) in [5.41, 5.74) is 16.4. The minimum absolute atomic E-state index is 0.573. The third-order valence-electron chi connectivity index (χ3n) is 10.2. The Hall–Kier alpha value is -6.44. The molecule has 0 radical (unpaired) electrons. The molecule has 1 heteroatoms. The number of rotatable bonds is 7. The first kappa shape index (κ1) is 29.7. The zero-order valence-corrected chi connectivity index (χ0v) is 27.7. The summed E-state index contributed by atoms with van der Waals surface area (Å²) < 4.78 is 0. The van der Waals surface area contributed by atoms with E-state index in [2.05, 4.69) is 206 Å². The number of benzene rings is 7. The Kier molecular flexibility index (Phi) is 7.25. The van der Waals surface area contributed by atoms with Crippen molar-refractivity contribution in [2.75, 3.05) is 4.90 Å². The molecule has 50 heavy (non-hydrogen) atoms. The second kappa shape index (κ2) is 12.2. The maximum Gasteiger partial charge on any atom is 0.0881 e. The van der Waals surface area contributed by atoms with Gasteiger partial charge in [0.05, 0.1) is 11.1 Å². The molecule has 0 N–H and O–H groups in total. The molecule has 1 nitrogen and oxygen atoms in total. The largest absolute Gasteiger partial charge is 0.312 e. The third-order valence-corrected chi connectivity index (χ3v) is 10.2. The molecule has 0 amide bonds. The van der Waals surface area contributed by atoms with E-state index in [1.807, 2.05) is 6.08 Å². The van der Waals surface area contributed by atoms with E-state index in [4.69, 9.17) is 0 Å². The second-order valence-corrected chi connectivity index (χ2v) is 12.9. The Morgan fingerprint density at radius 3 is 1.34 bits per heavy atom. The molecule has 0 saturated heterocycles. The van der Waals surface area contributed by atoms with E-state index in [0.29, 0.717) is 0 Å². The molecule has 9 rings (SSSR count). The van der Waals surface area contributed by atoms with Gasteiger partial charge >= 0.3 is 0 Å². The van der Waals surface area contributed by atoms with Crippen LogP contribution in [0.4, 0.5) is 11.4 Å². The van der Waals surface area contributed by atoms with E-state index in [9.17, 15) is 0 Å². The maximum atomic E-state index is 4.09. The molecule has 0 atom stereocenters. The Morgan fingerprint density at radius 1 is 0.420 bits per heavy atom. The standard InChI is InChI=1S/C49H35N/c1-2-3-26-44-43-29-12-15-32-47(43)49(45-30-13-10-27-41(45)42-28-11-14-31-46(42)49)48(44)50(39-24-16-22-37(33-39)35-18-6-4-7-19-35)40-25-17-23-38(34-40)36-20-8-5-9-21-36/h2-34H,1H2/b26-3-. The number of hydrogen-bond acceptors (Lipinski definition) is 1. The van der Waals surface area contributed by atoms with Gasteiger partial charge in [-0.3, -0.25) is 0 Å². The third kappa shape index (κ3) is 4.55. The van der Waals surface area contributed by atoms with Gasteiger partial charge in [-0.1, -0.05) is 183 Å². The summed E-state index contributed by atoms with van der Waals surface area (Å²) in [4.78, 5) is 2.53. The lowest BCUT2D eigenvalue weighted by Gasteiger charge is -2.40. The van der Waals surface area contributed by atoms with Crippen molar-refractivity contribution in [3.63, 3.8) is 0 Å². The molecule has 0 aromatic heterocycles. The summed E-state index contributed by atoms with van der Waals surface area (Å²) in [6, 6.07) is 66.3. The second-order valence-electron chi connectivity index (χ2n) is 12.9. The van der Waals surface area contributed by atoms with E-state index < -0.39 is 5.41 Å². The maximum absolute atomic E-state index is 4.09. The van der Waals surface area contributed by atoms with Crippen LogP contribution in [-0.2, 0) is 5.41 Å². The molecular weight excluding hydrogens is 603 g/mol. The molecule has 0 heterocycles. The zero-order chi connectivity index (χ0) is 33.5. The predicted molar refractivity (Wildman–Crippen MR) is 210 cm³/mol. The van der Waals surface area contributed by atoms with Crippen LogP contribution in [0.25, 0.3) is 39.0 Å². The predicted octanol–water partition coefficient (Wildman–Crippen LogP) is 12.6. The van der Waals surface area contributed by atoms with Crippen LogP contribution in [0, 0.1) is 0 Å². The highest BCUT2D eigenvalue weighted by Crippen LogP contribution is 2.64. The molecule has 7 aromatic rings. The van der Waals surface area contributed by atoms with Crippen molar-refractivity contribution < 1.29 is 0 Å². The summed E-state index contributed by atoms with van der Waals surface area (Å²) >= 11 is 0. The highest BCUT2D eigenvalue weighted by molar-refractivity contribution is 6.00. The number of hydrogen-bond donors (Lipinski definition) is 0. The quantitative estimate of drug-likeness (QED) is 0.157. The van der Waals surface area contributed by atoms with Crippen LogP contribution in [0.15, 0.2) is 212 Å². The monoisotopic (exact) mass is 637 g/mol. The first-order chi connectivity index (χ1) is 24.8. The van der Waals surface area contributed by atoms with Crippen molar-refractivity contribution in [3.05, 3.63) is 235 Å². The average molecular weight is 638 g/mol. The van der Waals surface area contributed by atoms with Crippen molar-refractivity contribution in [2.24, 2.45) is 0 Å². The number of anilines is 2. The number of allylic oxidation sites excluding steroid dienone is 5. The van der Waals surface area contributed by atoms with Crippen LogP contribution in [0.2, 0.25) is 0 Å². The van der Waals surface area contributed by atoms with E-state index >= 15 is 0 Å². The van der Waals surface area contributed by atoms with Crippen molar-refractivity contribution in [1.29, 1.82) is 0 Å². The van der Waals surface area contributed by atoms with Crippen molar-refractivity contribution in [3.8, 4) is 33.4 Å². The Balaban J connectivity index is 1.42. The summed E-state index contributed by atoms with van der Waals surface area (Å²) in [7, 11) is 0. The van der Waals surface area contributed by atoms with Crippen molar-refractivity contribution in [1.82, 2.24) is 0 Å². The minimum atomic E-state index is -0.573. The van der Waals surface area contributed by atoms with Crippen LogP contribution >= 0.6 is 0 Å². The van der Waals surface area contributed by atoms with Gasteiger partial charge in [0.1, 0.15) is 0 Å². The van der Waals surface area contributed by atoms with Crippen LogP contribution in [0.5, 0.6) is 0 Å².